The second kappa shape index (κ2) is 10.7. The number of aliphatic imine (C=N–C) groups is 1. The minimum atomic E-state index is 0.235. The molecule has 2 heterocycles. The third-order valence-electron chi connectivity index (χ3n) is 4.94. The zero-order valence-corrected chi connectivity index (χ0v) is 17.5. The van der Waals surface area contributed by atoms with Gasteiger partial charge in [0, 0.05) is 39.4 Å². The lowest BCUT2D eigenvalue weighted by Gasteiger charge is -2.32. The summed E-state index contributed by atoms with van der Waals surface area (Å²) in [5.41, 5.74) is 2.35. The van der Waals surface area contributed by atoms with Gasteiger partial charge >= 0.3 is 0 Å². The van der Waals surface area contributed by atoms with E-state index in [1.54, 1.807) is 14.2 Å². The lowest BCUT2D eigenvalue weighted by atomic mass is 10.1. The Morgan fingerprint density at radius 3 is 2.97 bits per heavy atom. The Hall–Kier alpha value is -2.80. The number of pyridine rings is 1. The Morgan fingerprint density at radius 1 is 1.31 bits per heavy atom. The zero-order chi connectivity index (χ0) is 20.5. The van der Waals surface area contributed by atoms with Crippen LogP contribution >= 0.6 is 0 Å². The van der Waals surface area contributed by atoms with Crippen molar-refractivity contribution in [3.8, 4) is 5.75 Å². The number of methoxy groups -OCH3 is 1. The van der Waals surface area contributed by atoms with Crippen molar-refractivity contribution in [1.29, 1.82) is 0 Å². The molecule has 1 unspecified atom stereocenters. The summed E-state index contributed by atoms with van der Waals surface area (Å²) < 4.78 is 11.0. The molecule has 0 radical (unpaired) electrons. The number of anilines is 1. The van der Waals surface area contributed by atoms with Crippen LogP contribution in [0, 0.1) is 0 Å². The summed E-state index contributed by atoms with van der Waals surface area (Å²) >= 11 is 0. The van der Waals surface area contributed by atoms with E-state index < -0.39 is 0 Å². The Balaban J connectivity index is 1.50. The fourth-order valence-corrected chi connectivity index (χ4v) is 3.40. The Labute approximate surface area is 173 Å². The van der Waals surface area contributed by atoms with Crippen molar-refractivity contribution in [2.24, 2.45) is 4.99 Å². The van der Waals surface area contributed by atoms with E-state index in [2.05, 4.69) is 44.6 Å². The monoisotopic (exact) mass is 397 g/mol. The van der Waals surface area contributed by atoms with Crippen molar-refractivity contribution >= 4 is 11.8 Å². The molecule has 1 aliphatic rings. The van der Waals surface area contributed by atoms with Gasteiger partial charge < -0.3 is 25.0 Å². The number of morpholine rings is 1. The molecule has 1 fully saturated rings. The van der Waals surface area contributed by atoms with Crippen LogP contribution in [0.25, 0.3) is 0 Å². The number of aromatic nitrogens is 1. The van der Waals surface area contributed by atoms with Crippen LogP contribution in [0.15, 0.2) is 47.6 Å². The lowest BCUT2D eigenvalue weighted by Crippen LogP contribution is -2.41. The molecule has 0 saturated carbocycles. The number of nitrogens with one attached hydrogen (secondary N) is 2. The van der Waals surface area contributed by atoms with Crippen molar-refractivity contribution in [3.63, 3.8) is 0 Å². The average Bonchev–Trinajstić information content (AvgIpc) is 2.76. The van der Waals surface area contributed by atoms with E-state index in [9.17, 15) is 0 Å². The van der Waals surface area contributed by atoms with Gasteiger partial charge in [-0.05, 0) is 42.7 Å². The molecule has 1 aliphatic heterocycles. The molecular formula is C22H31N5O2. The third kappa shape index (κ3) is 6.09. The Morgan fingerprint density at radius 2 is 2.17 bits per heavy atom. The highest BCUT2D eigenvalue weighted by atomic mass is 16.5. The molecule has 1 aromatic heterocycles. The van der Waals surface area contributed by atoms with Gasteiger partial charge in [-0.2, -0.15) is 0 Å². The Bertz CT molecular complexity index is 811. The molecule has 2 N–H and O–H groups in total. The normalized spacial score (nSPS) is 17.1. The first-order valence-electron chi connectivity index (χ1n) is 10.1. The van der Waals surface area contributed by atoms with E-state index in [1.165, 1.54) is 11.1 Å². The van der Waals surface area contributed by atoms with Crippen molar-refractivity contribution in [2.45, 2.75) is 26.0 Å². The van der Waals surface area contributed by atoms with E-state index in [1.807, 2.05) is 30.5 Å². The van der Waals surface area contributed by atoms with Crippen LogP contribution < -0.4 is 20.3 Å². The highest BCUT2D eigenvalue weighted by Crippen LogP contribution is 2.17. The molecule has 29 heavy (non-hydrogen) atoms. The van der Waals surface area contributed by atoms with Crippen LogP contribution in [0.5, 0.6) is 5.75 Å². The van der Waals surface area contributed by atoms with E-state index in [0.717, 1.165) is 50.2 Å². The van der Waals surface area contributed by atoms with Crippen molar-refractivity contribution < 1.29 is 9.47 Å². The standard InChI is InChI=1S/C22H31N5O2/c1-17-16-27(12-13-29-17)21-14-18(8-10-24-21)15-26-22(23-2)25-11-9-19-6-4-5-7-20(19)28-3/h4-8,10,14,17H,9,11-13,15-16H2,1-3H3,(H2,23,25,26). The molecule has 156 valence electrons. The first kappa shape index (κ1) is 20.9. The van der Waals surface area contributed by atoms with Crippen molar-refractivity contribution in [2.75, 3.05) is 45.3 Å². The molecule has 0 spiro atoms. The number of hydrogen-bond acceptors (Lipinski definition) is 5. The number of ether oxygens (including phenoxy) is 2. The van der Waals surface area contributed by atoms with Crippen LogP contribution in [-0.4, -0.2) is 57.4 Å². The van der Waals surface area contributed by atoms with Gasteiger partial charge in [0.2, 0.25) is 0 Å². The summed E-state index contributed by atoms with van der Waals surface area (Å²) in [6.45, 7) is 6.04. The van der Waals surface area contributed by atoms with Gasteiger partial charge in [0.25, 0.3) is 0 Å². The highest BCUT2D eigenvalue weighted by Gasteiger charge is 2.18. The molecule has 3 rings (SSSR count). The predicted octanol–water partition coefficient (Wildman–Crippen LogP) is 2.22. The molecule has 1 aromatic carbocycles. The van der Waals surface area contributed by atoms with Crippen molar-refractivity contribution in [1.82, 2.24) is 15.6 Å². The summed E-state index contributed by atoms with van der Waals surface area (Å²) in [4.78, 5) is 11.1. The number of para-hydroxylation sites is 1. The molecule has 2 aromatic rings. The first-order valence-corrected chi connectivity index (χ1v) is 10.1. The van der Waals surface area contributed by atoms with Gasteiger partial charge in [0.15, 0.2) is 5.96 Å². The maximum absolute atomic E-state index is 5.62. The number of benzene rings is 1. The van der Waals surface area contributed by atoms with Crippen LogP contribution in [0.2, 0.25) is 0 Å². The number of hydrogen-bond donors (Lipinski definition) is 2. The predicted molar refractivity (Wildman–Crippen MR) is 117 cm³/mol. The summed E-state index contributed by atoms with van der Waals surface area (Å²) in [5, 5.41) is 6.74. The minimum Gasteiger partial charge on any atom is -0.496 e. The SMILES string of the molecule is CN=C(NCCc1ccccc1OC)NCc1ccnc(N2CCOC(C)C2)c1. The first-order chi connectivity index (χ1) is 14.2. The quantitative estimate of drug-likeness (QED) is 0.552. The average molecular weight is 398 g/mol. The summed E-state index contributed by atoms with van der Waals surface area (Å²) in [5.74, 6) is 2.69. The number of rotatable bonds is 7. The largest absolute Gasteiger partial charge is 0.496 e. The van der Waals surface area contributed by atoms with Crippen LogP contribution in [-0.2, 0) is 17.7 Å². The summed E-state index contributed by atoms with van der Waals surface area (Å²) in [6.07, 6.45) is 2.96. The second-order valence-corrected chi connectivity index (χ2v) is 7.06. The minimum absolute atomic E-state index is 0.235. The van der Waals surface area contributed by atoms with Gasteiger partial charge in [-0.15, -0.1) is 0 Å². The number of guanidine groups is 1. The highest BCUT2D eigenvalue weighted by molar-refractivity contribution is 5.79. The summed E-state index contributed by atoms with van der Waals surface area (Å²) in [6, 6.07) is 12.2. The topological polar surface area (TPSA) is 71.0 Å². The van der Waals surface area contributed by atoms with Crippen LogP contribution in [0.4, 0.5) is 5.82 Å². The fourth-order valence-electron chi connectivity index (χ4n) is 3.40. The van der Waals surface area contributed by atoms with Crippen LogP contribution in [0.1, 0.15) is 18.1 Å². The van der Waals surface area contributed by atoms with E-state index in [-0.39, 0.29) is 6.10 Å². The lowest BCUT2D eigenvalue weighted by molar-refractivity contribution is 0.0529. The smallest absolute Gasteiger partial charge is 0.191 e. The van der Waals surface area contributed by atoms with E-state index in [4.69, 9.17) is 9.47 Å². The molecule has 7 nitrogen and oxygen atoms in total. The maximum Gasteiger partial charge on any atom is 0.191 e. The molecule has 7 heteroatoms. The van der Waals surface area contributed by atoms with Gasteiger partial charge in [-0.3, -0.25) is 4.99 Å². The third-order valence-corrected chi connectivity index (χ3v) is 4.94. The zero-order valence-electron chi connectivity index (χ0n) is 17.5. The van der Waals surface area contributed by atoms with Gasteiger partial charge in [0.05, 0.1) is 19.8 Å². The molecule has 0 amide bonds. The van der Waals surface area contributed by atoms with Crippen LogP contribution in [0.3, 0.4) is 0 Å². The second-order valence-electron chi connectivity index (χ2n) is 7.06. The van der Waals surface area contributed by atoms with Gasteiger partial charge in [-0.25, -0.2) is 4.98 Å². The van der Waals surface area contributed by atoms with Crippen molar-refractivity contribution in [3.05, 3.63) is 53.7 Å². The molecule has 1 saturated heterocycles. The van der Waals surface area contributed by atoms with Gasteiger partial charge in [-0.1, -0.05) is 18.2 Å². The molecule has 1 atom stereocenters. The molecule has 0 aliphatic carbocycles. The maximum atomic E-state index is 5.62. The van der Waals surface area contributed by atoms with E-state index in [0.29, 0.717) is 6.54 Å². The fraction of sp³-hybridized carbons (Fsp3) is 0.455. The van der Waals surface area contributed by atoms with Gasteiger partial charge in [0.1, 0.15) is 11.6 Å². The Kier molecular flexibility index (Phi) is 7.69. The number of nitrogens with zero attached hydrogens (tertiary/aromatic N) is 3. The van der Waals surface area contributed by atoms with E-state index >= 15 is 0 Å². The molecular weight excluding hydrogens is 366 g/mol. The molecule has 0 bridgehead atoms. The summed E-state index contributed by atoms with van der Waals surface area (Å²) in [7, 11) is 3.48.